The summed E-state index contributed by atoms with van der Waals surface area (Å²) in [4.78, 5) is 2.75. The summed E-state index contributed by atoms with van der Waals surface area (Å²) in [5.41, 5.74) is 6.15. The first-order chi connectivity index (χ1) is 11.8. The molecule has 0 N–H and O–H groups in total. The predicted octanol–water partition coefficient (Wildman–Crippen LogP) is 4.23. The van der Waals surface area contributed by atoms with Gasteiger partial charge in [-0.3, -0.25) is 4.90 Å². The number of hydrogen-bond donors (Lipinski definition) is 0. The van der Waals surface area contributed by atoms with Crippen molar-refractivity contribution in [3.8, 4) is 0 Å². The van der Waals surface area contributed by atoms with E-state index < -0.39 is 0 Å². The predicted molar refractivity (Wildman–Crippen MR) is 98.1 cm³/mol. The number of piperidine rings is 1. The number of methoxy groups -OCH3 is 1. The molecule has 5 rings (SSSR count). The van der Waals surface area contributed by atoms with E-state index in [0.717, 1.165) is 0 Å². The lowest BCUT2D eigenvalue weighted by Gasteiger charge is -2.53. The molecule has 3 aliphatic heterocycles. The van der Waals surface area contributed by atoms with E-state index in [2.05, 4.69) is 46.7 Å². The van der Waals surface area contributed by atoms with E-state index in [1.54, 1.807) is 11.3 Å². The molecule has 3 aliphatic rings. The molecule has 0 aliphatic carbocycles. The molecular formula is C21H26N2O. The molecule has 0 spiro atoms. The Labute approximate surface area is 143 Å². The molecule has 1 aromatic heterocycles. The fraction of sp³-hybridized carbons (Fsp3) is 0.524. The van der Waals surface area contributed by atoms with Gasteiger partial charge in [0.15, 0.2) is 0 Å². The number of aromatic nitrogens is 1. The van der Waals surface area contributed by atoms with Crippen LogP contribution in [-0.4, -0.2) is 36.3 Å². The van der Waals surface area contributed by atoms with Gasteiger partial charge < -0.3 is 9.30 Å². The minimum absolute atomic E-state index is 0.283. The standard InChI is InChI=1S/C21H26N2O/c1-3-21-10-6-11-22-12-9-17-16-7-4-5-8-18(16)23(19(17)20(21)22)15(13-21)14-24-2/h4-5,7-8,13,20H,3,6,9-12,14H2,1-2H3/t20-,21+/m1/s1. The summed E-state index contributed by atoms with van der Waals surface area (Å²) in [6.45, 7) is 5.53. The lowest BCUT2D eigenvalue weighted by molar-refractivity contribution is 0.0260. The first-order valence-electron chi connectivity index (χ1n) is 9.36. The average molecular weight is 322 g/mol. The molecule has 0 radical (unpaired) electrons. The summed E-state index contributed by atoms with van der Waals surface area (Å²) < 4.78 is 8.14. The molecule has 1 aromatic carbocycles. The Hall–Kier alpha value is -1.58. The van der Waals surface area contributed by atoms with Gasteiger partial charge in [0.05, 0.1) is 18.2 Å². The van der Waals surface area contributed by atoms with E-state index in [0.29, 0.717) is 12.6 Å². The van der Waals surface area contributed by atoms with Crippen LogP contribution in [0.4, 0.5) is 0 Å². The van der Waals surface area contributed by atoms with Crippen LogP contribution in [0.1, 0.15) is 43.5 Å². The molecule has 0 saturated carbocycles. The zero-order chi connectivity index (χ0) is 16.3. The molecule has 4 heterocycles. The maximum Gasteiger partial charge on any atom is 0.0864 e. The maximum atomic E-state index is 5.61. The second-order valence-corrected chi connectivity index (χ2v) is 7.66. The van der Waals surface area contributed by atoms with E-state index in [1.807, 2.05) is 7.11 Å². The third kappa shape index (κ3) is 1.75. The number of benzene rings is 1. The van der Waals surface area contributed by atoms with Gasteiger partial charge in [-0.15, -0.1) is 0 Å². The first-order valence-corrected chi connectivity index (χ1v) is 9.36. The van der Waals surface area contributed by atoms with Crippen LogP contribution in [0.5, 0.6) is 0 Å². The van der Waals surface area contributed by atoms with Crippen molar-refractivity contribution in [2.75, 3.05) is 26.8 Å². The van der Waals surface area contributed by atoms with E-state index in [9.17, 15) is 0 Å². The highest BCUT2D eigenvalue weighted by atomic mass is 16.5. The van der Waals surface area contributed by atoms with Gasteiger partial charge in [0.1, 0.15) is 0 Å². The summed E-state index contributed by atoms with van der Waals surface area (Å²) in [5, 5.41) is 1.45. The third-order valence-electron chi connectivity index (χ3n) is 6.62. The molecule has 2 atom stereocenters. The number of rotatable bonds is 3. The van der Waals surface area contributed by atoms with Crippen LogP contribution in [0.25, 0.3) is 16.6 Å². The van der Waals surface area contributed by atoms with Crippen molar-refractivity contribution < 1.29 is 4.74 Å². The van der Waals surface area contributed by atoms with Gasteiger partial charge in [-0.05, 0) is 43.9 Å². The van der Waals surface area contributed by atoms with Crippen LogP contribution in [0.3, 0.4) is 0 Å². The summed E-state index contributed by atoms with van der Waals surface area (Å²) in [7, 11) is 1.82. The van der Waals surface area contributed by atoms with Crippen molar-refractivity contribution in [2.24, 2.45) is 5.41 Å². The summed E-state index contributed by atoms with van der Waals surface area (Å²) >= 11 is 0. The van der Waals surface area contributed by atoms with Gasteiger partial charge >= 0.3 is 0 Å². The van der Waals surface area contributed by atoms with Crippen LogP contribution in [0, 0.1) is 5.41 Å². The molecule has 0 unspecified atom stereocenters. The lowest BCUT2D eigenvalue weighted by Crippen LogP contribution is -2.50. The highest BCUT2D eigenvalue weighted by Gasteiger charge is 2.50. The summed E-state index contributed by atoms with van der Waals surface area (Å²) in [6.07, 6.45) is 7.58. The average Bonchev–Trinajstić information content (AvgIpc) is 2.96. The third-order valence-corrected chi connectivity index (χ3v) is 6.62. The van der Waals surface area contributed by atoms with E-state index >= 15 is 0 Å². The highest BCUT2D eigenvalue weighted by Crippen LogP contribution is 2.56. The number of ether oxygens (including phenoxy) is 1. The van der Waals surface area contributed by atoms with Crippen molar-refractivity contribution >= 4 is 16.6 Å². The van der Waals surface area contributed by atoms with Gasteiger partial charge in [0, 0.05) is 35.8 Å². The smallest absolute Gasteiger partial charge is 0.0864 e. The summed E-state index contributed by atoms with van der Waals surface area (Å²) in [6, 6.07) is 9.50. The second-order valence-electron chi connectivity index (χ2n) is 7.66. The number of fused-ring (bicyclic) bond motifs is 3. The molecule has 0 amide bonds. The van der Waals surface area contributed by atoms with Gasteiger partial charge in [-0.25, -0.2) is 0 Å². The number of hydrogen-bond acceptors (Lipinski definition) is 2. The fourth-order valence-electron chi connectivity index (χ4n) is 5.64. The Morgan fingerprint density at radius 1 is 1.25 bits per heavy atom. The van der Waals surface area contributed by atoms with E-state index in [4.69, 9.17) is 4.74 Å². The molecule has 1 saturated heterocycles. The van der Waals surface area contributed by atoms with Gasteiger partial charge in [0.2, 0.25) is 0 Å². The van der Waals surface area contributed by atoms with Crippen LogP contribution in [0.2, 0.25) is 0 Å². The molecule has 1 fully saturated rings. The maximum absolute atomic E-state index is 5.61. The molecule has 126 valence electrons. The molecule has 2 aromatic rings. The SMILES string of the molecule is CC[C@@]12C=C(COC)n3c4c(c5ccccc53)CCN(CCC1)[C@H]42. The Bertz CT molecular complexity index is 834. The first kappa shape index (κ1) is 14.7. The molecule has 0 bridgehead atoms. The van der Waals surface area contributed by atoms with Crippen LogP contribution in [0.15, 0.2) is 30.3 Å². The minimum atomic E-state index is 0.283. The highest BCUT2D eigenvalue weighted by molar-refractivity contribution is 5.90. The zero-order valence-corrected chi connectivity index (χ0v) is 14.7. The van der Waals surface area contributed by atoms with Gasteiger partial charge in [0.25, 0.3) is 0 Å². The van der Waals surface area contributed by atoms with Gasteiger partial charge in [-0.1, -0.05) is 31.2 Å². The van der Waals surface area contributed by atoms with Crippen molar-refractivity contribution in [3.05, 3.63) is 41.6 Å². The Kier molecular flexibility index (Phi) is 3.20. The summed E-state index contributed by atoms with van der Waals surface area (Å²) in [5.74, 6) is 0. The number of nitrogens with zero attached hydrogens (tertiary/aromatic N) is 2. The Balaban J connectivity index is 1.86. The van der Waals surface area contributed by atoms with Crippen molar-refractivity contribution in [1.29, 1.82) is 0 Å². The quantitative estimate of drug-likeness (QED) is 0.841. The zero-order valence-electron chi connectivity index (χ0n) is 14.7. The topological polar surface area (TPSA) is 17.4 Å². The monoisotopic (exact) mass is 322 g/mol. The van der Waals surface area contributed by atoms with Crippen molar-refractivity contribution in [3.63, 3.8) is 0 Å². The largest absolute Gasteiger partial charge is 0.378 e. The molecule has 3 nitrogen and oxygen atoms in total. The second kappa shape index (κ2) is 5.21. The van der Waals surface area contributed by atoms with Crippen LogP contribution >= 0.6 is 0 Å². The lowest BCUT2D eigenvalue weighted by atomic mass is 9.66. The van der Waals surface area contributed by atoms with Gasteiger partial charge in [-0.2, -0.15) is 0 Å². The van der Waals surface area contributed by atoms with Crippen LogP contribution in [-0.2, 0) is 11.2 Å². The molecule has 3 heteroatoms. The Morgan fingerprint density at radius 3 is 2.96 bits per heavy atom. The van der Waals surface area contributed by atoms with E-state index in [1.165, 1.54) is 55.4 Å². The molecule has 24 heavy (non-hydrogen) atoms. The van der Waals surface area contributed by atoms with Crippen LogP contribution < -0.4 is 0 Å². The Morgan fingerprint density at radius 2 is 2.12 bits per heavy atom. The van der Waals surface area contributed by atoms with Crippen molar-refractivity contribution in [2.45, 2.75) is 38.6 Å². The number of para-hydroxylation sites is 1. The van der Waals surface area contributed by atoms with E-state index in [-0.39, 0.29) is 5.41 Å². The molecular weight excluding hydrogens is 296 g/mol. The normalized spacial score (nSPS) is 28.8. The van der Waals surface area contributed by atoms with Crippen molar-refractivity contribution in [1.82, 2.24) is 9.47 Å². The minimum Gasteiger partial charge on any atom is -0.378 e. The fourth-order valence-corrected chi connectivity index (χ4v) is 5.64.